The van der Waals surface area contributed by atoms with Crippen molar-refractivity contribution in [3.05, 3.63) is 48.2 Å². The molecule has 0 amide bonds. The van der Waals surface area contributed by atoms with Crippen LogP contribution in [0.4, 0.5) is 0 Å². The summed E-state index contributed by atoms with van der Waals surface area (Å²) >= 11 is 1.78. The second-order valence-corrected chi connectivity index (χ2v) is 9.54. The number of nitrogens with zero attached hydrogens (tertiary/aromatic N) is 2. The number of hydrogen-bond acceptors (Lipinski definition) is 5. The van der Waals surface area contributed by atoms with Crippen molar-refractivity contribution in [2.24, 2.45) is 0 Å². The van der Waals surface area contributed by atoms with Crippen molar-refractivity contribution in [3.8, 4) is 11.5 Å². The van der Waals surface area contributed by atoms with Crippen molar-refractivity contribution < 1.29 is 9.47 Å². The fourth-order valence-electron chi connectivity index (χ4n) is 4.40. The van der Waals surface area contributed by atoms with Gasteiger partial charge in [0, 0.05) is 30.6 Å². The van der Waals surface area contributed by atoms with Gasteiger partial charge in [0.1, 0.15) is 23.0 Å². The maximum absolute atomic E-state index is 6.28. The predicted molar refractivity (Wildman–Crippen MR) is 112 cm³/mol. The molecule has 0 spiro atoms. The zero-order valence-corrected chi connectivity index (χ0v) is 17.2. The van der Waals surface area contributed by atoms with E-state index in [2.05, 4.69) is 41.1 Å². The third-order valence-corrected chi connectivity index (χ3v) is 7.44. The minimum Gasteiger partial charge on any atom is -0.490 e. The summed E-state index contributed by atoms with van der Waals surface area (Å²) in [6.07, 6.45) is 8.70. The molecule has 3 aliphatic rings. The second-order valence-electron chi connectivity index (χ2n) is 8.18. The minimum atomic E-state index is 0.0430. The van der Waals surface area contributed by atoms with Crippen molar-refractivity contribution in [1.29, 1.82) is 0 Å². The SMILES string of the molecule is C[C@H]1Sc2ncccc2O[C@H]1c1ccc(OC2CCN(C3CCC3)CC2)cc1. The van der Waals surface area contributed by atoms with Gasteiger partial charge >= 0.3 is 0 Å². The van der Waals surface area contributed by atoms with Gasteiger partial charge < -0.3 is 14.4 Å². The summed E-state index contributed by atoms with van der Waals surface area (Å²) in [6.45, 7) is 4.57. The van der Waals surface area contributed by atoms with Crippen molar-refractivity contribution >= 4 is 11.8 Å². The highest BCUT2D eigenvalue weighted by Gasteiger charge is 2.31. The number of thioether (sulfide) groups is 1. The fraction of sp³-hybridized carbons (Fsp3) is 0.522. The van der Waals surface area contributed by atoms with Gasteiger partial charge in [0.2, 0.25) is 0 Å². The molecule has 2 aliphatic heterocycles. The Hall–Kier alpha value is -1.72. The number of aromatic nitrogens is 1. The summed E-state index contributed by atoms with van der Waals surface area (Å²) in [5.41, 5.74) is 1.20. The molecular weight excluding hydrogens is 368 g/mol. The third-order valence-electron chi connectivity index (χ3n) is 6.29. The topological polar surface area (TPSA) is 34.6 Å². The van der Waals surface area contributed by atoms with Gasteiger partial charge in [0.15, 0.2) is 5.75 Å². The van der Waals surface area contributed by atoms with Crippen molar-refractivity contribution in [2.75, 3.05) is 13.1 Å². The van der Waals surface area contributed by atoms with E-state index in [9.17, 15) is 0 Å². The van der Waals surface area contributed by atoms with E-state index >= 15 is 0 Å². The van der Waals surface area contributed by atoms with Crippen LogP contribution in [0.15, 0.2) is 47.6 Å². The molecule has 1 saturated carbocycles. The van der Waals surface area contributed by atoms with Gasteiger partial charge in [-0.25, -0.2) is 4.98 Å². The average Bonchev–Trinajstić information content (AvgIpc) is 2.68. The van der Waals surface area contributed by atoms with Gasteiger partial charge in [-0.2, -0.15) is 0 Å². The summed E-state index contributed by atoms with van der Waals surface area (Å²) in [5.74, 6) is 1.86. The Labute approximate surface area is 171 Å². The second kappa shape index (κ2) is 7.96. The van der Waals surface area contributed by atoms with E-state index in [1.807, 2.05) is 18.3 Å². The van der Waals surface area contributed by atoms with Gasteiger partial charge in [-0.1, -0.05) is 30.3 Å². The van der Waals surface area contributed by atoms with E-state index in [4.69, 9.17) is 9.47 Å². The van der Waals surface area contributed by atoms with Crippen LogP contribution in [-0.4, -0.2) is 40.4 Å². The first-order chi connectivity index (χ1) is 13.8. The lowest BCUT2D eigenvalue weighted by Crippen LogP contribution is -2.46. The number of hydrogen-bond donors (Lipinski definition) is 0. The summed E-state index contributed by atoms with van der Waals surface area (Å²) in [6, 6.07) is 13.3. The lowest BCUT2D eigenvalue weighted by atomic mass is 9.90. The first kappa shape index (κ1) is 18.3. The van der Waals surface area contributed by atoms with Crippen molar-refractivity contribution in [2.45, 2.75) is 67.6 Å². The first-order valence-electron chi connectivity index (χ1n) is 10.6. The normalized spacial score (nSPS) is 26.2. The highest BCUT2D eigenvalue weighted by Crippen LogP contribution is 2.43. The number of rotatable bonds is 4. The lowest BCUT2D eigenvalue weighted by molar-refractivity contribution is 0.0493. The molecule has 0 radical (unpaired) electrons. The molecule has 2 fully saturated rings. The van der Waals surface area contributed by atoms with E-state index in [1.165, 1.54) is 37.9 Å². The molecule has 0 unspecified atom stereocenters. The van der Waals surface area contributed by atoms with Crippen LogP contribution >= 0.6 is 11.8 Å². The maximum atomic E-state index is 6.28. The molecule has 1 aromatic carbocycles. The smallest absolute Gasteiger partial charge is 0.152 e. The van der Waals surface area contributed by atoms with Crippen LogP contribution in [0.25, 0.3) is 0 Å². The van der Waals surface area contributed by atoms with Crippen LogP contribution < -0.4 is 9.47 Å². The Morgan fingerprint density at radius 1 is 1.07 bits per heavy atom. The number of piperidine rings is 1. The first-order valence-corrected chi connectivity index (χ1v) is 11.4. The Morgan fingerprint density at radius 2 is 1.86 bits per heavy atom. The molecule has 5 rings (SSSR count). The molecule has 1 aromatic heterocycles. The van der Waals surface area contributed by atoms with E-state index in [0.29, 0.717) is 11.4 Å². The Morgan fingerprint density at radius 3 is 2.57 bits per heavy atom. The molecule has 148 valence electrons. The van der Waals surface area contributed by atoms with Gasteiger partial charge in [0.05, 0.1) is 0 Å². The number of benzene rings is 1. The van der Waals surface area contributed by atoms with Crippen molar-refractivity contribution in [1.82, 2.24) is 9.88 Å². The summed E-state index contributed by atoms with van der Waals surface area (Å²) < 4.78 is 12.5. The average molecular weight is 397 g/mol. The molecule has 1 aliphatic carbocycles. The third kappa shape index (κ3) is 3.74. The maximum Gasteiger partial charge on any atom is 0.152 e. The van der Waals surface area contributed by atoms with E-state index in [1.54, 1.807) is 11.8 Å². The van der Waals surface area contributed by atoms with Gasteiger partial charge in [-0.05, 0) is 62.4 Å². The van der Waals surface area contributed by atoms with Gasteiger partial charge in [-0.15, -0.1) is 0 Å². The van der Waals surface area contributed by atoms with Crippen LogP contribution in [0.3, 0.4) is 0 Å². The number of pyridine rings is 1. The largest absolute Gasteiger partial charge is 0.490 e. The quantitative estimate of drug-likeness (QED) is 0.719. The lowest BCUT2D eigenvalue weighted by Gasteiger charge is -2.41. The monoisotopic (exact) mass is 396 g/mol. The molecule has 5 heteroatoms. The van der Waals surface area contributed by atoms with Crippen LogP contribution in [0.2, 0.25) is 0 Å². The Kier molecular flexibility index (Phi) is 5.20. The molecule has 0 bridgehead atoms. The highest BCUT2D eigenvalue weighted by molar-refractivity contribution is 8.00. The Bertz CT molecular complexity index is 801. The molecular formula is C23H28N2O2S. The van der Waals surface area contributed by atoms with Gasteiger partial charge in [-0.3, -0.25) is 0 Å². The number of likely N-dealkylation sites (tertiary alicyclic amines) is 1. The molecule has 2 aromatic rings. The molecule has 1 saturated heterocycles. The number of fused-ring (bicyclic) bond motifs is 1. The predicted octanol–water partition coefficient (Wildman–Crippen LogP) is 5.09. The van der Waals surface area contributed by atoms with Crippen LogP contribution in [0, 0.1) is 0 Å². The highest BCUT2D eigenvalue weighted by atomic mass is 32.2. The van der Waals surface area contributed by atoms with E-state index < -0.39 is 0 Å². The summed E-state index contributed by atoms with van der Waals surface area (Å²) in [4.78, 5) is 7.08. The number of ether oxygens (including phenoxy) is 2. The molecule has 2 atom stereocenters. The summed E-state index contributed by atoms with van der Waals surface area (Å²) in [5, 5.41) is 1.31. The Balaban J connectivity index is 1.19. The minimum absolute atomic E-state index is 0.0430. The van der Waals surface area contributed by atoms with E-state index in [-0.39, 0.29) is 6.10 Å². The molecule has 0 N–H and O–H groups in total. The molecule has 3 heterocycles. The van der Waals surface area contributed by atoms with Crippen LogP contribution in [0.5, 0.6) is 11.5 Å². The van der Waals surface area contributed by atoms with Crippen LogP contribution in [0.1, 0.15) is 50.7 Å². The fourth-order valence-corrected chi connectivity index (χ4v) is 5.45. The molecule has 28 heavy (non-hydrogen) atoms. The van der Waals surface area contributed by atoms with Crippen LogP contribution in [-0.2, 0) is 0 Å². The van der Waals surface area contributed by atoms with Gasteiger partial charge in [0.25, 0.3) is 0 Å². The van der Waals surface area contributed by atoms with Crippen molar-refractivity contribution in [3.63, 3.8) is 0 Å². The standard InChI is InChI=1S/C23H28N2O2S/c1-16-22(27-21-6-3-13-24-23(21)28-16)17-7-9-19(10-8-17)26-20-11-14-25(15-12-20)18-4-2-5-18/h3,6-10,13,16,18,20,22H,2,4-5,11-12,14-15H2,1H3/t16-,22-/m1/s1. The summed E-state index contributed by atoms with van der Waals surface area (Å²) in [7, 11) is 0. The molecule has 4 nitrogen and oxygen atoms in total. The zero-order valence-electron chi connectivity index (χ0n) is 16.4. The zero-order chi connectivity index (χ0) is 18.9. The van der Waals surface area contributed by atoms with E-state index in [0.717, 1.165) is 35.4 Å².